The highest BCUT2D eigenvalue weighted by molar-refractivity contribution is 7.99. The second-order valence-corrected chi connectivity index (χ2v) is 5.12. The number of nitrogens with zero attached hydrogens (tertiary/aromatic N) is 2. The van der Waals surface area contributed by atoms with Crippen molar-refractivity contribution in [2.75, 3.05) is 18.0 Å². The van der Waals surface area contributed by atoms with Crippen LogP contribution in [-0.2, 0) is 4.79 Å². The molecule has 1 aromatic heterocycles. The Morgan fingerprint density at radius 1 is 1.59 bits per heavy atom. The number of aromatic nitrogens is 1. The van der Waals surface area contributed by atoms with E-state index >= 15 is 0 Å². The van der Waals surface area contributed by atoms with Crippen LogP contribution in [0.2, 0.25) is 0 Å². The van der Waals surface area contributed by atoms with Crippen molar-refractivity contribution in [2.45, 2.75) is 30.8 Å². The van der Waals surface area contributed by atoms with E-state index in [0.717, 1.165) is 24.4 Å². The van der Waals surface area contributed by atoms with Crippen LogP contribution < -0.4 is 5.73 Å². The van der Waals surface area contributed by atoms with E-state index in [1.807, 2.05) is 17.9 Å². The molecule has 0 radical (unpaired) electrons. The average Bonchev–Trinajstić information content (AvgIpc) is 3.14. The Morgan fingerprint density at radius 2 is 2.35 bits per heavy atom. The molecule has 0 unspecified atom stereocenters. The summed E-state index contributed by atoms with van der Waals surface area (Å²) in [5, 5.41) is 0.847. The Morgan fingerprint density at radius 3 is 2.88 bits per heavy atom. The zero-order valence-electron chi connectivity index (χ0n) is 9.93. The zero-order valence-corrected chi connectivity index (χ0v) is 10.7. The normalized spacial score (nSPS) is 14.6. The molecule has 92 valence electrons. The van der Waals surface area contributed by atoms with E-state index in [1.54, 1.807) is 12.3 Å². The molecule has 0 atom stereocenters. The predicted octanol–water partition coefficient (Wildman–Crippen LogP) is 1.77. The first-order valence-electron chi connectivity index (χ1n) is 5.84. The molecular weight excluding hydrogens is 234 g/mol. The average molecular weight is 251 g/mol. The Kier molecular flexibility index (Phi) is 3.89. The van der Waals surface area contributed by atoms with Crippen LogP contribution in [-0.4, -0.2) is 34.1 Å². The molecule has 1 fully saturated rings. The lowest BCUT2D eigenvalue weighted by Crippen LogP contribution is -2.34. The molecule has 0 spiro atoms. The lowest BCUT2D eigenvalue weighted by molar-refractivity contribution is -0.128. The van der Waals surface area contributed by atoms with Crippen LogP contribution in [0.1, 0.15) is 19.8 Å². The third-order valence-corrected chi connectivity index (χ3v) is 3.68. The standard InChI is InChI=1S/C12H17N3OS/c1-2-15(10-4-5-10)12(16)8-17-11-6-3-9(13)7-14-11/h3,6-7,10H,2,4-5,8,13H2,1H3. The number of rotatable bonds is 5. The number of anilines is 1. The summed E-state index contributed by atoms with van der Waals surface area (Å²) in [6, 6.07) is 4.14. The second-order valence-electron chi connectivity index (χ2n) is 4.13. The van der Waals surface area contributed by atoms with Crippen molar-refractivity contribution < 1.29 is 4.79 Å². The number of pyridine rings is 1. The highest BCUT2D eigenvalue weighted by Gasteiger charge is 2.30. The van der Waals surface area contributed by atoms with Gasteiger partial charge in [-0.25, -0.2) is 4.98 Å². The van der Waals surface area contributed by atoms with Gasteiger partial charge in [-0.1, -0.05) is 11.8 Å². The van der Waals surface area contributed by atoms with Crippen LogP contribution in [0.3, 0.4) is 0 Å². The van der Waals surface area contributed by atoms with E-state index in [9.17, 15) is 4.79 Å². The smallest absolute Gasteiger partial charge is 0.233 e. The summed E-state index contributed by atoms with van der Waals surface area (Å²) < 4.78 is 0. The third-order valence-electron chi connectivity index (χ3n) is 2.75. The Hall–Kier alpha value is -1.23. The summed E-state index contributed by atoms with van der Waals surface area (Å²) in [7, 11) is 0. The first-order chi connectivity index (χ1) is 8.20. The van der Waals surface area contributed by atoms with Gasteiger partial charge in [0.05, 0.1) is 22.7 Å². The zero-order chi connectivity index (χ0) is 12.3. The molecule has 2 rings (SSSR count). The van der Waals surface area contributed by atoms with E-state index in [1.165, 1.54) is 11.8 Å². The maximum atomic E-state index is 11.9. The Bertz CT molecular complexity index is 389. The first-order valence-corrected chi connectivity index (χ1v) is 6.83. The molecule has 0 bridgehead atoms. The summed E-state index contributed by atoms with van der Waals surface area (Å²) in [5.41, 5.74) is 6.20. The summed E-state index contributed by atoms with van der Waals surface area (Å²) in [5.74, 6) is 0.667. The van der Waals surface area contributed by atoms with Crippen molar-refractivity contribution in [1.82, 2.24) is 9.88 Å². The number of hydrogen-bond donors (Lipinski definition) is 1. The maximum Gasteiger partial charge on any atom is 0.233 e. The molecular formula is C12H17N3OS. The molecule has 2 N–H and O–H groups in total. The molecule has 1 saturated carbocycles. The number of carbonyl (C=O) groups is 1. The molecule has 1 aliphatic rings. The van der Waals surface area contributed by atoms with E-state index < -0.39 is 0 Å². The monoisotopic (exact) mass is 251 g/mol. The topological polar surface area (TPSA) is 59.2 Å². The summed E-state index contributed by atoms with van der Waals surface area (Å²) in [6.45, 7) is 2.83. The van der Waals surface area contributed by atoms with Crippen molar-refractivity contribution in [3.63, 3.8) is 0 Å². The number of thioether (sulfide) groups is 1. The van der Waals surface area contributed by atoms with Crippen LogP contribution in [0.25, 0.3) is 0 Å². The van der Waals surface area contributed by atoms with Gasteiger partial charge >= 0.3 is 0 Å². The fourth-order valence-corrected chi connectivity index (χ4v) is 2.45. The largest absolute Gasteiger partial charge is 0.397 e. The van der Waals surface area contributed by atoms with Crippen LogP contribution in [0.4, 0.5) is 5.69 Å². The van der Waals surface area contributed by atoms with E-state index in [0.29, 0.717) is 17.5 Å². The van der Waals surface area contributed by atoms with Gasteiger partial charge in [-0.2, -0.15) is 0 Å². The van der Waals surface area contributed by atoms with Gasteiger partial charge < -0.3 is 10.6 Å². The van der Waals surface area contributed by atoms with E-state index in [2.05, 4.69) is 4.98 Å². The van der Waals surface area contributed by atoms with Gasteiger partial charge in [0.1, 0.15) is 0 Å². The minimum atomic E-state index is 0.207. The number of amides is 1. The highest BCUT2D eigenvalue weighted by atomic mass is 32.2. The lowest BCUT2D eigenvalue weighted by atomic mass is 10.4. The minimum Gasteiger partial charge on any atom is -0.397 e. The van der Waals surface area contributed by atoms with Crippen LogP contribution in [0.5, 0.6) is 0 Å². The van der Waals surface area contributed by atoms with Crippen LogP contribution in [0.15, 0.2) is 23.4 Å². The van der Waals surface area contributed by atoms with Crippen molar-refractivity contribution in [2.24, 2.45) is 0 Å². The summed E-state index contributed by atoms with van der Waals surface area (Å²) in [4.78, 5) is 18.1. The summed E-state index contributed by atoms with van der Waals surface area (Å²) in [6.07, 6.45) is 3.93. The van der Waals surface area contributed by atoms with Gasteiger partial charge in [-0.05, 0) is 31.9 Å². The number of nitrogens with two attached hydrogens (primary N) is 1. The number of nitrogen functional groups attached to an aromatic ring is 1. The van der Waals surface area contributed by atoms with Crippen molar-refractivity contribution in [3.05, 3.63) is 18.3 Å². The summed E-state index contributed by atoms with van der Waals surface area (Å²) >= 11 is 1.47. The fourth-order valence-electron chi connectivity index (χ4n) is 1.72. The van der Waals surface area contributed by atoms with Crippen LogP contribution in [0, 0.1) is 0 Å². The second kappa shape index (κ2) is 5.40. The molecule has 1 aliphatic carbocycles. The number of carbonyl (C=O) groups excluding carboxylic acids is 1. The molecule has 0 saturated heterocycles. The molecule has 5 heteroatoms. The van der Waals surface area contributed by atoms with Gasteiger partial charge in [0.25, 0.3) is 0 Å². The van der Waals surface area contributed by atoms with Gasteiger partial charge in [-0.3, -0.25) is 4.79 Å². The fraction of sp³-hybridized carbons (Fsp3) is 0.500. The Balaban J connectivity index is 1.84. The van der Waals surface area contributed by atoms with Crippen molar-refractivity contribution in [1.29, 1.82) is 0 Å². The van der Waals surface area contributed by atoms with Crippen molar-refractivity contribution in [3.8, 4) is 0 Å². The van der Waals surface area contributed by atoms with Crippen molar-refractivity contribution >= 4 is 23.4 Å². The van der Waals surface area contributed by atoms with Gasteiger partial charge in [0.2, 0.25) is 5.91 Å². The van der Waals surface area contributed by atoms with Gasteiger partial charge in [0.15, 0.2) is 0 Å². The SMILES string of the molecule is CCN(C(=O)CSc1ccc(N)cn1)C1CC1. The molecule has 1 heterocycles. The van der Waals surface area contributed by atoms with E-state index in [-0.39, 0.29) is 5.91 Å². The molecule has 1 amide bonds. The minimum absolute atomic E-state index is 0.207. The van der Waals surface area contributed by atoms with Crippen LogP contribution >= 0.6 is 11.8 Å². The molecule has 0 aromatic carbocycles. The van der Waals surface area contributed by atoms with Gasteiger partial charge in [0, 0.05) is 12.6 Å². The molecule has 0 aliphatic heterocycles. The van der Waals surface area contributed by atoms with E-state index in [4.69, 9.17) is 5.73 Å². The highest BCUT2D eigenvalue weighted by Crippen LogP contribution is 2.27. The first kappa shape index (κ1) is 12.2. The van der Waals surface area contributed by atoms with Gasteiger partial charge in [-0.15, -0.1) is 0 Å². The predicted molar refractivity (Wildman–Crippen MR) is 69.8 cm³/mol. The molecule has 4 nitrogen and oxygen atoms in total. The third kappa shape index (κ3) is 3.36. The maximum absolute atomic E-state index is 11.9. The number of hydrogen-bond acceptors (Lipinski definition) is 4. The quantitative estimate of drug-likeness (QED) is 0.810. The molecule has 17 heavy (non-hydrogen) atoms. The lowest BCUT2D eigenvalue weighted by Gasteiger charge is -2.19. The Labute approximate surface area is 106 Å². The molecule has 1 aromatic rings.